The van der Waals surface area contributed by atoms with Crippen LogP contribution in [-0.2, 0) is 19.2 Å². The molecular weight excluding hydrogens is 402 g/mol. The Morgan fingerprint density at radius 3 is 2.54 bits per heavy atom. The highest BCUT2D eigenvalue weighted by Gasteiger charge is 2.32. The molecule has 1 fully saturated rings. The number of hydrogen-bond donors (Lipinski definition) is 3. The number of carbonyl (C=O) groups is 4. The monoisotopic (exact) mass is 421 g/mol. The van der Waals surface area contributed by atoms with Gasteiger partial charge in [0, 0.05) is 13.0 Å². The van der Waals surface area contributed by atoms with Gasteiger partial charge in [0.05, 0.1) is 11.3 Å². The van der Waals surface area contributed by atoms with Crippen LogP contribution >= 0.6 is 24.0 Å². The molecule has 4 N–H and O–H groups in total. The maximum absolute atomic E-state index is 12.5. The number of nitrogens with one attached hydrogen (secondary N) is 1. The van der Waals surface area contributed by atoms with Gasteiger partial charge >= 0.3 is 5.97 Å². The zero-order chi connectivity index (χ0) is 20.8. The van der Waals surface area contributed by atoms with Crippen molar-refractivity contribution in [3.05, 3.63) is 40.3 Å². The number of nitrogens with zero attached hydrogens (tertiary/aromatic N) is 1. The van der Waals surface area contributed by atoms with Gasteiger partial charge in [0.25, 0.3) is 5.91 Å². The Morgan fingerprint density at radius 1 is 1.32 bits per heavy atom. The molecule has 148 valence electrons. The second-order valence-electron chi connectivity index (χ2n) is 6.12. The van der Waals surface area contributed by atoms with Gasteiger partial charge in [-0.1, -0.05) is 53.8 Å². The van der Waals surface area contributed by atoms with Gasteiger partial charge in [-0.2, -0.15) is 0 Å². The normalized spacial score (nSPS) is 16.3. The molecule has 0 spiro atoms. The van der Waals surface area contributed by atoms with Crippen molar-refractivity contribution in [3.8, 4) is 0 Å². The van der Waals surface area contributed by atoms with Crippen LogP contribution in [0.5, 0.6) is 0 Å². The number of primary amides is 1. The zero-order valence-corrected chi connectivity index (χ0v) is 16.6. The van der Waals surface area contributed by atoms with E-state index in [-0.39, 0.29) is 18.9 Å². The largest absolute Gasteiger partial charge is 0.480 e. The van der Waals surface area contributed by atoms with E-state index < -0.39 is 30.2 Å². The molecule has 8 nitrogen and oxygen atoms in total. The fraction of sp³-hybridized carbons (Fsp3) is 0.278. The van der Waals surface area contributed by atoms with E-state index in [1.54, 1.807) is 6.08 Å². The SMILES string of the molecule is Cc1ccc(/C=C2/SC(=S)N(CCC(=O)NC(CC(N)=O)C(=O)O)C2=O)cc1. The molecule has 2 rings (SSSR count). The summed E-state index contributed by atoms with van der Waals surface area (Å²) in [5.41, 5.74) is 6.94. The van der Waals surface area contributed by atoms with E-state index >= 15 is 0 Å². The summed E-state index contributed by atoms with van der Waals surface area (Å²) in [7, 11) is 0. The van der Waals surface area contributed by atoms with Crippen molar-refractivity contribution in [2.24, 2.45) is 5.73 Å². The van der Waals surface area contributed by atoms with Crippen molar-refractivity contribution >= 4 is 58.1 Å². The number of carbonyl (C=O) groups excluding carboxylic acids is 3. The first kappa shape index (κ1) is 21.6. The predicted octanol–water partition coefficient (Wildman–Crippen LogP) is 1.03. The van der Waals surface area contributed by atoms with Crippen molar-refractivity contribution in [1.29, 1.82) is 0 Å². The van der Waals surface area contributed by atoms with Crippen LogP contribution in [-0.4, -0.2) is 50.6 Å². The molecule has 0 saturated carbocycles. The van der Waals surface area contributed by atoms with Crippen LogP contribution < -0.4 is 11.1 Å². The van der Waals surface area contributed by atoms with E-state index in [1.165, 1.54) is 4.90 Å². The summed E-state index contributed by atoms with van der Waals surface area (Å²) >= 11 is 6.35. The molecule has 1 atom stereocenters. The van der Waals surface area contributed by atoms with Gasteiger partial charge in [0.15, 0.2) is 0 Å². The van der Waals surface area contributed by atoms with Crippen LogP contribution in [0, 0.1) is 6.92 Å². The Morgan fingerprint density at radius 2 is 1.96 bits per heavy atom. The van der Waals surface area contributed by atoms with Crippen LogP contribution in [0.25, 0.3) is 6.08 Å². The fourth-order valence-electron chi connectivity index (χ4n) is 2.39. The summed E-state index contributed by atoms with van der Waals surface area (Å²) < 4.78 is 0.322. The molecule has 28 heavy (non-hydrogen) atoms. The van der Waals surface area contributed by atoms with Crippen LogP contribution in [0.4, 0.5) is 0 Å². The summed E-state index contributed by atoms with van der Waals surface area (Å²) in [6.07, 6.45) is 1.06. The highest BCUT2D eigenvalue weighted by atomic mass is 32.2. The molecule has 1 heterocycles. The van der Waals surface area contributed by atoms with E-state index in [0.717, 1.165) is 22.9 Å². The first-order valence-corrected chi connectivity index (χ1v) is 9.52. The molecule has 0 bridgehead atoms. The number of rotatable bonds is 8. The molecule has 1 saturated heterocycles. The summed E-state index contributed by atoms with van der Waals surface area (Å²) in [4.78, 5) is 48.2. The molecule has 1 unspecified atom stereocenters. The maximum Gasteiger partial charge on any atom is 0.326 e. The van der Waals surface area contributed by atoms with Crippen molar-refractivity contribution < 1.29 is 24.3 Å². The van der Waals surface area contributed by atoms with Gasteiger partial charge in [0.1, 0.15) is 10.4 Å². The summed E-state index contributed by atoms with van der Waals surface area (Å²) in [5.74, 6) is -3.13. The Bertz CT molecular complexity index is 851. The molecule has 1 aliphatic rings. The molecule has 10 heteroatoms. The minimum Gasteiger partial charge on any atom is -0.480 e. The topological polar surface area (TPSA) is 130 Å². The predicted molar refractivity (Wildman–Crippen MR) is 109 cm³/mol. The van der Waals surface area contributed by atoms with Gasteiger partial charge in [-0.15, -0.1) is 0 Å². The van der Waals surface area contributed by atoms with Crippen molar-refractivity contribution in [2.45, 2.75) is 25.8 Å². The number of nitrogens with two attached hydrogens (primary N) is 1. The van der Waals surface area contributed by atoms with Crippen molar-refractivity contribution in [2.75, 3.05) is 6.54 Å². The molecule has 3 amide bonds. The summed E-state index contributed by atoms with van der Waals surface area (Å²) in [5, 5.41) is 11.2. The number of thiocarbonyl (C=S) groups is 1. The van der Waals surface area contributed by atoms with Crippen LogP contribution in [0.1, 0.15) is 24.0 Å². The first-order chi connectivity index (χ1) is 13.2. The van der Waals surface area contributed by atoms with E-state index in [9.17, 15) is 19.2 Å². The minimum absolute atomic E-state index is 0.00461. The first-order valence-electron chi connectivity index (χ1n) is 8.30. The van der Waals surface area contributed by atoms with Gasteiger partial charge in [-0.05, 0) is 18.6 Å². The molecular formula is C18H19N3O5S2. The van der Waals surface area contributed by atoms with Crippen LogP contribution in [0.15, 0.2) is 29.2 Å². The Hall–Kier alpha value is -2.72. The molecule has 0 aliphatic carbocycles. The van der Waals surface area contributed by atoms with E-state index in [1.807, 2.05) is 31.2 Å². The Labute approximate surface area is 171 Å². The fourth-order valence-corrected chi connectivity index (χ4v) is 3.70. The van der Waals surface area contributed by atoms with Crippen LogP contribution in [0.3, 0.4) is 0 Å². The lowest BCUT2D eigenvalue weighted by Crippen LogP contribution is -2.44. The third-order valence-corrected chi connectivity index (χ3v) is 5.23. The quantitative estimate of drug-likeness (QED) is 0.422. The van der Waals surface area contributed by atoms with E-state index in [0.29, 0.717) is 9.23 Å². The number of thioether (sulfide) groups is 1. The number of aliphatic carboxylic acids is 1. The Balaban J connectivity index is 1.97. The second-order valence-corrected chi connectivity index (χ2v) is 7.80. The lowest BCUT2D eigenvalue weighted by atomic mass is 10.1. The molecule has 1 aliphatic heterocycles. The molecule has 0 radical (unpaired) electrons. The molecule has 1 aromatic carbocycles. The summed E-state index contributed by atoms with van der Waals surface area (Å²) in [6.45, 7) is 1.97. The van der Waals surface area contributed by atoms with Crippen molar-refractivity contribution in [3.63, 3.8) is 0 Å². The minimum atomic E-state index is -1.40. The molecule has 1 aromatic rings. The van der Waals surface area contributed by atoms with Gasteiger partial charge in [-0.3, -0.25) is 19.3 Å². The third-order valence-electron chi connectivity index (χ3n) is 3.85. The van der Waals surface area contributed by atoms with Gasteiger partial charge in [0.2, 0.25) is 11.8 Å². The number of aryl methyl sites for hydroxylation is 1. The molecule has 0 aromatic heterocycles. The van der Waals surface area contributed by atoms with Gasteiger partial charge in [-0.25, -0.2) is 4.79 Å². The number of carboxylic acid groups (broad SMARTS) is 1. The van der Waals surface area contributed by atoms with Crippen molar-refractivity contribution in [1.82, 2.24) is 10.2 Å². The highest BCUT2D eigenvalue weighted by Crippen LogP contribution is 2.32. The number of benzene rings is 1. The number of carboxylic acids is 1. The average Bonchev–Trinajstić information content (AvgIpc) is 2.87. The smallest absolute Gasteiger partial charge is 0.326 e. The third kappa shape index (κ3) is 5.89. The maximum atomic E-state index is 12.5. The number of amides is 3. The second kappa shape index (κ2) is 9.47. The standard InChI is InChI=1S/C18H19N3O5S2/c1-10-2-4-11(5-3-10)8-13-16(24)21(18(27)28-13)7-6-15(23)20-12(17(25)26)9-14(19)22/h2-5,8,12H,6-7,9H2,1H3,(H2,19,22)(H,20,23)(H,25,26)/b13-8+. The highest BCUT2D eigenvalue weighted by molar-refractivity contribution is 8.26. The average molecular weight is 422 g/mol. The van der Waals surface area contributed by atoms with E-state index in [2.05, 4.69) is 5.32 Å². The lowest BCUT2D eigenvalue weighted by molar-refractivity contribution is -0.143. The van der Waals surface area contributed by atoms with Crippen LogP contribution in [0.2, 0.25) is 0 Å². The van der Waals surface area contributed by atoms with E-state index in [4.69, 9.17) is 23.1 Å². The number of hydrogen-bond acceptors (Lipinski definition) is 6. The van der Waals surface area contributed by atoms with Gasteiger partial charge < -0.3 is 16.2 Å². The lowest BCUT2D eigenvalue weighted by Gasteiger charge is -2.16. The zero-order valence-electron chi connectivity index (χ0n) is 15.0. The Kier molecular flexibility index (Phi) is 7.30. The summed E-state index contributed by atoms with van der Waals surface area (Å²) in [6, 6.07) is 6.24.